The maximum absolute atomic E-state index is 4.05. The Morgan fingerprint density at radius 1 is 0.600 bits per heavy atom. The van der Waals surface area contributed by atoms with Gasteiger partial charge in [0, 0.05) is 17.7 Å². The Kier molecular flexibility index (Phi) is 3.93. The van der Waals surface area contributed by atoms with Crippen LogP contribution in [0.4, 0.5) is 0 Å². The molecule has 0 aliphatic rings. The van der Waals surface area contributed by atoms with Gasteiger partial charge in [0.15, 0.2) is 0 Å². The molecule has 3 rings (SSSR count). The van der Waals surface area contributed by atoms with E-state index in [2.05, 4.69) is 69.4 Å². The van der Waals surface area contributed by atoms with E-state index >= 15 is 0 Å². The van der Waals surface area contributed by atoms with Crippen molar-refractivity contribution in [3.63, 3.8) is 0 Å². The van der Waals surface area contributed by atoms with Crippen molar-refractivity contribution in [1.29, 1.82) is 0 Å². The second kappa shape index (κ2) is 6.02. The van der Waals surface area contributed by atoms with Crippen LogP contribution in [0, 0.1) is 0 Å². The minimum atomic E-state index is 0.897. The molecule has 3 aromatic rings. The van der Waals surface area contributed by atoms with E-state index < -0.39 is 0 Å². The molecule has 1 nitrogen and oxygen atoms in total. The van der Waals surface area contributed by atoms with E-state index in [0.29, 0.717) is 0 Å². The molecule has 0 radical (unpaired) electrons. The molecule has 0 N–H and O–H groups in total. The highest BCUT2D eigenvalue weighted by Crippen LogP contribution is 2.25. The molecule has 0 atom stereocenters. The minimum Gasteiger partial charge on any atom is -0.265 e. The molecule has 2 aromatic carbocycles. The number of aromatic nitrogens is 1. The molecule has 0 aliphatic carbocycles. The van der Waals surface area contributed by atoms with Crippen molar-refractivity contribution in [2.75, 3.05) is 0 Å². The van der Waals surface area contributed by atoms with Crippen molar-refractivity contribution in [3.8, 4) is 22.3 Å². The summed E-state index contributed by atoms with van der Waals surface area (Å²) in [7, 11) is 0. The van der Waals surface area contributed by atoms with E-state index in [9.17, 15) is 0 Å². The summed E-state index contributed by atoms with van der Waals surface area (Å²) in [5.74, 6) is 0. The Labute approximate surface area is 127 Å². The van der Waals surface area contributed by atoms with Crippen LogP contribution in [0.3, 0.4) is 0 Å². The number of halogens is 1. The fourth-order valence-corrected chi connectivity index (χ4v) is 2.56. The molecule has 2 heteroatoms. The second-order valence-corrected chi connectivity index (χ2v) is 5.20. The van der Waals surface area contributed by atoms with Gasteiger partial charge >= 0.3 is 0 Å². The molecule has 98 valence electrons. The fourth-order valence-electron chi connectivity index (χ4n) is 2.19. The first-order valence-electron chi connectivity index (χ1n) is 6.52. The first kappa shape index (κ1) is 13.1. The summed E-state index contributed by atoms with van der Waals surface area (Å²) in [5.41, 5.74) is 6.19. The van der Waals surface area contributed by atoms with Crippen molar-refractivity contribution >= 4 is 15.9 Å². The number of pyridine rings is 1. The monoisotopic (exact) mass is 323 g/mol. The lowest BCUT2D eigenvalue weighted by atomic mass is 10.0. The van der Waals surface area contributed by atoms with Gasteiger partial charge in [-0.15, -0.1) is 0 Å². The molecular weight excluding hydrogens is 310 g/mol. The molecule has 1 aromatic heterocycles. The Hall–Kier alpha value is -1.93. The highest BCUT2D eigenvalue weighted by atomic mass is 79.9. The molecule has 0 unspecified atom stereocenters. The molecule has 0 saturated carbocycles. The van der Waals surface area contributed by atoms with Crippen LogP contribution in [0.1, 0.15) is 5.56 Å². The van der Waals surface area contributed by atoms with E-state index in [1.165, 1.54) is 27.8 Å². The van der Waals surface area contributed by atoms with Gasteiger partial charge in [-0.2, -0.15) is 0 Å². The molecule has 0 fully saturated rings. The van der Waals surface area contributed by atoms with Crippen molar-refractivity contribution < 1.29 is 0 Å². The molecule has 0 aliphatic heterocycles. The van der Waals surface area contributed by atoms with Crippen molar-refractivity contribution in [1.82, 2.24) is 4.98 Å². The summed E-state index contributed by atoms with van der Waals surface area (Å²) >= 11 is 3.47. The number of hydrogen-bond donors (Lipinski definition) is 0. The van der Waals surface area contributed by atoms with Crippen molar-refractivity contribution in [2.24, 2.45) is 0 Å². The number of benzene rings is 2. The van der Waals surface area contributed by atoms with Crippen LogP contribution in [0.25, 0.3) is 22.3 Å². The first-order valence-corrected chi connectivity index (χ1v) is 7.65. The molecule has 1 heterocycles. The third kappa shape index (κ3) is 2.81. The normalized spacial score (nSPS) is 10.4. The topological polar surface area (TPSA) is 12.9 Å². The SMILES string of the molecule is BrCc1ccc(-c2ccc(-c3ccncc3)cc2)cc1. The van der Waals surface area contributed by atoms with Crippen LogP contribution in [-0.4, -0.2) is 4.98 Å². The second-order valence-electron chi connectivity index (χ2n) is 4.64. The minimum absolute atomic E-state index is 0.897. The zero-order chi connectivity index (χ0) is 13.8. The first-order chi connectivity index (χ1) is 9.86. The fraction of sp³-hybridized carbons (Fsp3) is 0.0556. The predicted molar refractivity (Wildman–Crippen MR) is 87.7 cm³/mol. The van der Waals surface area contributed by atoms with Gasteiger partial charge in [-0.25, -0.2) is 0 Å². The summed E-state index contributed by atoms with van der Waals surface area (Å²) in [4.78, 5) is 4.05. The third-order valence-corrected chi connectivity index (χ3v) is 3.99. The van der Waals surface area contributed by atoms with Crippen LogP contribution < -0.4 is 0 Å². The highest BCUT2D eigenvalue weighted by molar-refractivity contribution is 9.08. The molecular formula is C18H14BrN. The van der Waals surface area contributed by atoms with Gasteiger partial charge in [-0.05, 0) is 39.9 Å². The average Bonchev–Trinajstić information content (AvgIpc) is 2.56. The highest BCUT2D eigenvalue weighted by Gasteiger charge is 2.00. The van der Waals surface area contributed by atoms with Crippen molar-refractivity contribution in [2.45, 2.75) is 5.33 Å². The quantitative estimate of drug-likeness (QED) is 0.595. The standard InChI is InChI=1S/C18H14BrN/c19-13-14-1-3-15(4-2-14)16-5-7-17(8-6-16)18-9-11-20-12-10-18/h1-12H,13H2. The van der Waals surface area contributed by atoms with Gasteiger partial charge in [0.1, 0.15) is 0 Å². The van der Waals surface area contributed by atoms with Crippen LogP contribution in [0.2, 0.25) is 0 Å². The largest absolute Gasteiger partial charge is 0.265 e. The van der Waals surface area contributed by atoms with Crippen LogP contribution in [0.5, 0.6) is 0 Å². The third-order valence-electron chi connectivity index (χ3n) is 3.34. The molecule has 0 spiro atoms. The van der Waals surface area contributed by atoms with Gasteiger partial charge in [0.05, 0.1) is 0 Å². The van der Waals surface area contributed by atoms with Gasteiger partial charge in [-0.3, -0.25) is 4.98 Å². The molecule has 20 heavy (non-hydrogen) atoms. The van der Waals surface area contributed by atoms with Gasteiger partial charge in [-0.1, -0.05) is 64.5 Å². The number of alkyl halides is 1. The molecule has 0 amide bonds. The number of rotatable bonds is 3. The van der Waals surface area contributed by atoms with Gasteiger partial charge in [0.2, 0.25) is 0 Å². The lowest BCUT2D eigenvalue weighted by molar-refractivity contribution is 1.33. The Bertz CT molecular complexity index is 673. The maximum Gasteiger partial charge on any atom is 0.0283 e. The Morgan fingerprint density at radius 3 is 1.45 bits per heavy atom. The van der Waals surface area contributed by atoms with E-state index in [4.69, 9.17) is 0 Å². The zero-order valence-electron chi connectivity index (χ0n) is 11.0. The zero-order valence-corrected chi connectivity index (χ0v) is 12.5. The van der Waals surface area contributed by atoms with E-state index in [1.54, 1.807) is 0 Å². The van der Waals surface area contributed by atoms with E-state index in [-0.39, 0.29) is 0 Å². The predicted octanol–water partition coefficient (Wildman–Crippen LogP) is 5.31. The lowest BCUT2D eigenvalue weighted by Gasteiger charge is -2.05. The van der Waals surface area contributed by atoms with E-state index in [1.807, 2.05) is 24.5 Å². The number of hydrogen-bond acceptors (Lipinski definition) is 1. The average molecular weight is 324 g/mol. The van der Waals surface area contributed by atoms with Gasteiger partial charge in [0.25, 0.3) is 0 Å². The maximum atomic E-state index is 4.05. The summed E-state index contributed by atoms with van der Waals surface area (Å²) in [6.45, 7) is 0. The van der Waals surface area contributed by atoms with E-state index in [0.717, 1.165) is 5.33 Å². The summed E-state index contributed by atoms with van der Waals surface area (Å²) < 4.78 is 0. The Morgan fingerprint density at radius 2 is 1.00 bits per heavy atom. The van der Waals surface area contributed by atoms with Crippen molar-refractivity contribution in [3.05, 3.63) is 78.6 Å². The van der Waals surface area contributed by atoms with Crippen LogP contribution in [-0.2, 0) is 5.33 Å². The van der Waals surface area contributed by atoms with Crippen LogP contribution in [0.15, 0.2) is 73.1 Å². The molecule has 0 bridgehead atoms. The molecule has 0 saturated heterocycles. The Balaban J connectivity index is 1.89. The lowest BCUT2D eigenvalue weighted by Crippen LogP contribution is -1.82. The smallest absolute Gasteiger partial charge is 0.0283 e. The number of nitrogens with zero attached hydrogens (tertiary/aromatic N) is 1. The van der Waals surface area contributed by atoms with Crippen LogP contribution >= 0.6 is 15.9 Å². The summed E-state index contributed by atoms with van der Waals surface area (Å²) in [6.07, 6.45) is 3.64. The van der Waals surface area contributed by atoms with Gasteiger partial charge < -0.3 is 0 Å². The summed E-state index contributed by atoms with van der Waals surface area (Å²) in [5, 5.41) is 0.897. The summed E-state index contributed by atoms with van der Waals surface area (Å²) in [6, 6.07) is 21.3.